The van der Waals surface area contributed by atoms with Crippen molar-refractivity contribution in [1.82, 2.24) is 0 Å². The standard InChI is InChI=1S/C33H44O8S2/c1-42(34,35)40-17-5-3-15-38-30-11-7-26(8-12-30)32(33-28-20-24-19-25(22-28)23-29(33)21-24)27-9-13-31(14-10-27)39-16-4-6-18-41-43(2,36)37/h7-14,24-25,28-29H,3-6,15-23H2,1-2H3. The molecular weight excluding hydrogens is 588 g/mol. The van der Waals surface area contributed by atoms with Crippen molar-refractivity contribution in [2.75, 3.05) is 38.9 Å². The molecule has 10 heteroatoms. The van der Waals surface area contributed by atoms with E-state index >= 15 is 0 Å². The van der Waals surface area contributed by atoms with Crippen LogP contribution in [0.4, 0.5) is 0 Å². The van der Waals surface area contributed by atoms with Gasteiger partial charge in [-0.2, -0.15) is 16.8 Å². The van der Waals surface area contributed by atoms with E-state index < -0.39 is 20.2 Å². The molecule has 0 unspecified atom stereocenters. The molecule has 0 N–H and O–H groups in total. The van der Waals surface area contributed by atoms with Gasteiger partial charge in [-0.1, -0.05) is 29.8 Å². The largest absolute Gasteiger partial charge is 0.494 e. The van der Waals surface area contributed by atoms with Crippen LogP contribution in [0.5, 0.6) is 11.5 Å². The molecule has 0 radical (unpaired) electrons. The minimum Gasteiger partial charge on any atom is -0.494 e. The molecule has 0 aromatic heterocycles. The number of rotatable bonds is 16. The third-order valence-corrected chi connectivity index (χ3v) is 9.99. The lowest BCUT2D eigenvalue weighted by Crippen LogP contribution is -2.40. The van der Waals surface area contributed by atoms with Crippen molar-refractivity contribution >= 4 is 25.8 Å². The van der Waals surface area contributed by atoms with Gasteiger partial charge in [0.15, 0.2) is 0 Å². The van der Waals surface area contributed by atoms with E-state index in [4.69, 9.17) is 17.8 Å². The van der Waals surface area contributed by atoms with Crippen LogP contribution in [0.3, 0.4) is 0 Å². The number of benzene rings is 2. The predicted molar refractivity (Wildman–Crippen MR) is 167 cm³/mol. The third-order valence-electron chi connectivity index (χ3n) is 8.80. The highest BCUT2D eigenvalue weighted by atomic mass is 32.2. The predicted octanol–water partition coefficient (Wildman–Crippen LogP) is 6.22. The van der Waals surface area contributed by atoms with Gasteiger partial charge in [-0.25, -0.2) is 0 Å². The summed E-state index contributed by atoms with van der Waals surface area (Å²) in [6.45, 7) is 1.34. The molecule has 43 heavy (non-hydrogen) atoms. The topological polar surface area (TPSA) is 105 Å². The average molecular weight is 633 g/mol. The van der Waals surface area contributed by atoms with Gasteiger partial charge >= 0.3 is 0 Å². The van der Waals surface area contributed by atoms with E-state index in [1.54, 1.807) is 5.57 Å². The zero-order chi connectivity index (χ0) is 30.5. The first-order valence-electron chi connectivity index (χ1n) is 15.4. The minimum absolute atomic E-state index is 0.173. The Morgan fingerprint density at radius 3 is 1.33 bits per heavy atom. The average Bonchev–Trinajstić information content (AvgIpc) is 2.94. The van der Waals surface area contributed by atoms with E-state index in [0.29, 0.717) is 50.7 Å². The Kier molecular flexibility index (Phi) is 10.5. The highest BCUT2D eigenvalue weighted by Crippen LogP contribution is 2.58. The van der Waals surface area contributed by atoms with E-state index in [2.05, 4.69) is 24.3 Å². The van der Waals surface area contributed by atoms with E-state index in [1.165, 1.54) is 48.8 Å². The Hall–Kier alpha value is -2.40. The summed E-state index contributed by atoms with van der Waals surface area (Å²) >= 11 is 0. The monoisotopic (exact) mass is 632 g/mol. The van der Waals surface area contributed by atoms with Crippen molar-refractivity contribution in [2.24, 2.45) is 23.7 Å². The molecular formula is C33H44O8S2. The van der Waals surface area contributed by atoms with E-state index in [0.717, 1.165) is 35.8 Å². The molecule has 2 aromatic carbocycles. The van der Waals surface area contributed by atoms with Crippen molar-refractivity contribution in [3.05, 3.63) is 65.2 Å². The van der Waals surface area contributed by atoms with Gasteiger partial charge in [0.05, 0.1) is 38.9 Å². The Morgan fingerprint density at radius 1 is 0.581 bits per heavy atom. The molecule has 4 fully saturated rings. The van der Waals surface area contributed by atoms with Crippen LogP contribution in [0, 0.1) is 23.7 Å². The first-order valence-corrected chi connectivity index (χ1v) is 19.1. The van der Waals surface area contributed by atoms with Gasteiger partial charge in [-0.05, 0) is 122 Å². The van der Waals surface area contributed by atoms with Crippen LogP contribution >= 0.6 is 0 Å². The fraction of sp³-hybridized carbons (Fsp3) is 0.576. The maximum absolute atomic E-state index is 11.1. The van der Waals surface area contributed by atoms with Crippen LogP contribution in [0.15, 0.2) is 54.1 Å². The lowest BCUT2D eigenvalue weighted by atomic mass is 9.53. The van der Waals surface area contributed by atoms with E-state index in [9.17, 15) is 16.8 Å². The summed E-state index contributed by atoms with van der Waals surface area (Å²) in [6.07, 6.45) is 11.4. The fourth-order valence-corrected chi connectivity index (χ4v) is 8.09. The Bertz CT molecular complexity index is 1340. The Balaban J connectivity index is 1.26. The van der Waals surface area contributed by atoms with Gasteiger partial charge in [0.2, 0.25) is 0 Å². The van der Waals surface area contributed by atoms with Crippen molar-refractivity contribution < 1.29 is 34.7 Å². The maximum atomic E-state index is 11.1. The summed E-state index contributed by atoms with van der Waals surface area (Å²) in [5.41, 5.74) is 5.39. The van der Waals surface area contributed by atoms with Crippen LogP contribution < -0.4 is 9.47 Å². The molecule has 0 heterocycles. The number of allylic oxidation sites excluding steroid dienone is 1. The smallest absolute Gasteiger partial charge is 0.264 e. The summed E-state index contributed by atoms with van der Waals surface area (Å²) in [4.78, 5) is 0. The SMILES string of the molecule is CS(=O)(=O)OCCCCOc1ccc(C(=C2C3CC4CC(C3)CC2C4)c2ccc(OCCCCOS(C)(=O)=O)cc2)cc1. The number of ether oxygens (including phenoxy) is 2. The number of unbranched alkanes of at least 4 members (excludes halogenated alkanes) is 2. The van der Waals surface area contributed by atoms with E-state index in [1.807, 2.05) is 24.3 Å². The van der Waals surface area contributed by atoms with Crippen LogP contribution in [0.25, 0.3) is 5.57 Å². The third kappa shape index (κ3) is 9.30. The molecule has 0 amide bonds. The molecule has 0 spiro atoms. The van der Waals surface area contributed by atoms with Crippen molar-refractivity contribution in [3.63, 3.8) is 0 Å². The zero-order valence-electron chi connectivity index (χ0n) is 25.2. The van der Waals surface area contributed by atoms with Crippen LogP contribution in [0.1, 0.15) is 68.9 Å². The summed E-state index contributed by atoms with van der Waals surface area (Å²) in [5.74, 6) is 4.66. The molecule has 4 aliphatic rings. The van der Waals surface area contributed by atoms with Gasteiger partial charge in [0.25, 0.3) is 20.2 Å². The lowest BCUT2D eigenvalue weighted by molar-refractivity contribution is 0.0705. The van der Waals surface area contributed by atoms with Gasteiger partial charge in [0, 0.05) is 0 Å². The quantitative estimate of drug-likeness (QED) is 0.159. The Labute approximate surface area is 257 Å². The summed E-state index contributed by atoms with van der Waals surface area (Å²) in [7, 11) is -6.81. The summed E-state index contributed by atoms with van der Waals surface area (Å²) in [5, 5.41) is 0. The van der Waals surface area contributed by atoms with Crippen molar-refractivity contribution in [2.45, 2.75) is 57.8 Å². The molecule has 8 nitrogen and oxygen atoms in total. The second-order valence-corrected chi connectivity index (χ2v) is 15.6. The molecule has 4 aliphatic carbocycles. The molecule has 4 bridgehead atoms. The minimum atomic E-state index is -3.40. The van der Waals surface area contributed by atoms with Crippen molar-refractivity contribution in [3.8, 4) is 11.5 Å². The normalized spacial score (nSPS) is 23.0. The van der Waals surface area contributed by atoms with Crippen LogP contribution in [-0.2, 0) is 28.6 Å². The first-order chi connectivity index (χ1) is 20.5. The summed E-state index contributed by atoms with van der Waals surface area (Å²) in [6, 6.07) is 16.8. The van der Waals surface area contributed by atoms with Crippen molar-refractivity contribution in [1.29, 1.82) is 0 Å². The van der Waals surface area contributed by atoms with Crippen LogP contribution in [0.2, 0.25) is 0 Å². The lowest BCUT2D eigenvalue weighted by Gasteiger charge is -2.52. The molecule has 236 valence electrons. The second-order valence-electron chi connectivity index (χ2n) is 12.3. The van der Waals surface area contributed by atoms with Gasteiger partial charge in [-0.15, -0.1) is 0 Å². The summed E-state index contributed by atoms with van der Waals surface area (Å²) < 4.78 is 65.9. The molecule has 0 saturated heterocycles. The maximum Gasteiger partial charge on any atom is 0.264 e. The Morgan fingerprint density at radius 2 is 0.953 bits per heavy atom. The first kappa shape index (κ1) is 32.0. The highest BCUT2D eigenvalue weighted by Gasteiger charge is 2.46. The molecule has 0 atom stereocenters. The molecule has 4 saturated carbocycles. The van der Waals surface area contributed by atoms with Crippen LogP contribution in [-0.4, -0.2) is 55.8 Å². The van der Waals surface area contributed by atoms with Gasteiger partial charge in [0.1, 0.15) is 11.5 Å². The van der Waals surface area contributed by atoms with Gasteiger partial charge < -0.3 is 9.47 Å². The second kappa shape index (κ2) is 14.1. The number of hydrogen-bond acceptors (Lipinski definition) is 8. The molecule has 0 aliphatic heterocycles. The molecule has 6 rings (SSSR count). The van der Waals surface area contributed by atoms with Gasteiger partial charge in [-0.3, -0.25) is 8.37 Å². The fourth-order valence-electron chi connectivity index (χ4n) is 7.24. The highest BCUT2D eigenvalue weighted by molar-refractivity contribution is 7.86. The molecule has 2 aromatic rings. The van der Waals surface area contributed by atoms with E-state index in [-0.39, 0.29) is 13.2 Å². The zero-order valence-corrected chi connectivity index (χ0v) is 26.8. The number of hydrogen-bond donors (Lipinski definition) is 0.